The zero-order valence-corrected chi connectivity index (χ0v) is 8.79. The van der Waals surface area contributed by atoms with Crippen LogP contribution < -0.4 is 11.3 Å². The molecule has 3 N–H and O–H groups in total. The average Bonchev–Trinajstić information content (AvgIpc) is 2.26. The second-order valence-corrected chi connectivity index (χ2v) is 3.26. The maximum atomic E-state index is 10.8. The zero-order chi connectivity index (χ0) is 11.3. The highest BCUT2D eigenvalue weighted by Crippen LogP contribution is 2.22. The van der Waals surface area contributed by atoms with Gasteiger partial charge in [0.05, 0.1) is 0 Å². The molecule has 3 nitrogen and oxygen atoms in total. The summed E-state index contributed by atoms with van der Waals surface area (Å²) < 4.78 is 0. The number of benzene rings is 1. The summed E-state index contributed by atoms with van der Waals surface area (Å²) in [4.78, 5) is 10.8. The van der Waals surface area contributed by atoms with E-state index in [2.05, 4.69) is 12.0 Å². The predicted octanol–water partition coefficient (Wildman–Crippen LogP) is 2.14. The Bertz CT molecular complexity index is 413. The molecule has 1 rings (SSSR count). The molecule has 0 atom stereocenters. The van der Waals surface area contributed by atoms with Gasteiger partial charge in [-0.2, -0.15) is 0 Å². The van der Waals surface area contributed by atoms with Crippen LogP contribution in [0.3, 0.4) is 0 Å². The summed E-state index contributed by atoms with van der Waals surface area (Å²) in [5.74, 6) is 5.18. The van der Waals surface area contributed by atoms with Gasteiger partial charge in [-0.15, -0.1) is 0 Å². The highest BCUT2D eigenvalue weighted by Gasteiger charge is 2.05. The molecule has 15 heavy (non-hydrogen) atoms. The monoisotopic (exact) mass is 222 g/mol. The Labute approximate surface area is 93.2 Å². The minimum atomic E-state index is 0.542. The normalized spacial score (nSPS) is 10.9. The molecule has 0 saturated carbocycles. The molecular weight excluding hydrogens is 212 g/mol. The lowest BCUT2D eigenvalue weighted by Gasteiger charge is -2.06. The summed E-state index contributed by atoms with van der Waals surface area (Å²) in [5, 5.41) is 0.556. The van der Waals surface area contributed by atoms with Gasteiger partial charge in [-0.25, -0.2) is 0 Å². The lowest BCUT2D eigenvalue weighted by Crippen LogP contribution is -2.14. The van der Waals surface area contributed by atoms with Gasteiger partial charge >= 0.3 is 0 Å². The van der Waals surface area contributed by atoms with Crippen molar-refractivity contribution >= 4 is 23.5 Å². The maximum Gasteiger partial charge on any atom is 0.150 e. The molecule has 0 heterocycles. The highest BCUT2D eigenvalue weighted by molar-refractivity contribution is 6.30. The number of rotatable bonds is 4. The molecule has 0 spiro atoms. The van der Waals surface area contributed by atoms with E-state index in [0.717, 1.165) is 6.29 Å². The third kappa shape index (κ3) is 2.68. The number of aldehydes is 1. The molecule has 0 saturated heterocycles. The standard InChI is InChI=1S/C11H11ClN2O/c1-2-8(6-14-13)11-5-10(12)4-3-9(11)7-15/h2-7,14H,1,13H2/b8-6+. The first-order chi connectivity index (χ1) is 7.22. The first-order valence-corrected chi connectivity index (χ1v) is 4.64. The van der Waals surface area contributed by atoms with Crippen LogP contribution in [-0.4, -0.2) is 6.29 Å². The molecule has 0 amide bonds. The van der Waals surface area contributed by atoms with Crippen LogP contribution in [0.25, 0.3) is 5.57 Å². The van der Waals surface area contributed by atoms with E-state index in [9.17, 15) is 4.79 Å². The van der Waals surface area contributed by atoms with Crippen molar-refractivity contribution in [2.24, 2.45) is 5.84 Å². The molecule has 0 radical (unpaired) electrons. The quantitative estimate of drug-likeness (QED) is 0.355. The van der Waals surface area contributed by atoms with Gasteiger partial charge in [0.2, 0.25) is 0 Å². The topological polar surface area (TPSA) is 55.1 Å². The molecule has 0 aliphatic rings. The van der Waals surface area contributed by atoms with E-state index in [1.807, 2.05) is 0 Å². The number of hydrazine groups is 1. The Morgan fingerprint density at radius 1 is 1.53 bits per heavy atom. The number of nitrogens with two attached hydrogens (primary N) is 1. The molecule has 0 aromatic heterocycles. The first kappa shape index (κ1) is 11.5. The molecule has 0 bridgehead atoms. The van der Waals surface area contributed by atoms with E-state index in [4.69, 9.17) is 17.4 Å². The van der Waals surface area contributed by atoms with Crippen LogP contribution in [-0.2, 0) is 0 Å². The summed E-state index contributed by atoms with van der Waals surface area (Å²) in [7, 11) is 0. The molecule has 1 aromatic carbocycles. The Kier molecular flexibility index (Phi) is 4.09. The molecule has 78 valence electrons. The summed E-state index contributed by atoms with van der Waals surface area (Å²) in [6.45, 7) is 3.64. The van der Waals surface area contributed by atoms with Crippen molar-refractivity contribution in [1.82, 2.24) is 5.43 Å². The number of hydrogen-bond acceptors (Lipinski definition) is 3. The number of carbonyl (C=O) groups is 1. The zero-order valence-electron chi connectivity index (χ0n) is 8.03. The Hall–Kier alpha value is -1.58. The van der Waals surface area contributed by atoms with Crippen LogP contribution in [0.4, 0.5) is 0 Å². The van der Waals surface area contributed by atoms with Gasteiger partial charge in [-0.3, -0.25) is 10.6 Å². The highest BCUT2D eigenvalue weighted by atomic mass is 35.5. The number of halogens is 1. The van der Waals surface area contributed by atoms with Crippen molar-refractivity contribution in [3.8, 4) is 0 Å². The van der Waals surface area contributed by atoms with Crippen molar-refractivity contribution in [2.45, 2.75) is 0 Å². The van der Waals surface area contributed by atoms with Crippen molar-refractivity contribution in [3.63, 3.8) is 0 Å². The first-order valence-electron chi connectivity index (χ1n) is 4.26. The van der Waals surface area contributed by atoms with Gasteiger partial charge in [0, 0.05) is 16.8 Å². The third-order valence-electron chi connectivity index (χ3n) is 1.91. The van der Waals surface area contributed by atoms with Gasteiger partial charge in [-0.05, 0) is 29.3 Å². The Morgan fingerprint density at radius 3 is 2.80 bits per heavy atom. The van der Waals surface area contributed by atoms with E-state index in [1.54, 1.807) is 30.5 Å². The minimum Gasteiger partial charge on any atom is -0.331 e. The lowest BCUT2D eigenvalue weighted by molar-refractivity contribution is 0.112. The summed E-state index contributed by atoms with van der Waals surface area (Å²) >= 11 is 5.85. The maximum absolute atomic E-state index is 10.8. The van der Waals surface area contributed by atoms with E-state index >= 15 is 0 Å². The fourth-order valence-corrected chi connectivity index (χ4v) is 1.39. The number of allylic oxidation sites excluding steroid dienone is 2. The molecule has 0 aliphatic carbocycles. The fourth-order valence-electron chi connectivity index (χ4n) is 1.22. The molecular formula is C11H11ClN2O. The Balaban J connectivity index is 3.32. The van der Waals surface area contributed by atoms with Crippen molar-refractivity contribution < 1.29 is 4.79 Å². The van der Waals surface area contributed by atoms with Crippen LogP contribution in [0.15, 0.2) is 37.1 Å². The number of hydrogen-bond donors (Lipinski definition) is 2. The fraction of sp³-hybridized carbons (Fsp3) is 0. The van der Waals surface area contributed by atoms with Crippen LogP contribution in [0.1, 0.15) is 15.9 Å². The van der Waals surface area contributed by atoms with Crippen molar-refractivity contribution in [1.29, 1.82) is 0 Å². The van der Waals surface area contributed by atoms with Crippen molar-refractivity contribution in [2.75, 3.05) is 0 Å². The van der Waals surface area contributed by atoms with E-state index in [0.29, 0.717) is 21.7 Å². The van der Waals surface area contributed by atoms with Crippen molar-refractivity contribution in [3.05, 3.63) is 53.2 Å². The second kappa shape index (κ2) is 5.34. The SMILES string of the molecule is C=C/C(=C\NN)c1cc(Cl)ccc1C=O. The smallest absolute Gasteiger partial charge is 0.150 e. The van der Waals surface area contributed by atoms with Crippen LogP contribution in [0, 0.1) is 0 Å². The average molecular weight is 223 g/mol. The summed E-state index contributed by atoms with van der Waals surface area (Å²) in [6, 6.07) is 5.00. The van der Waals surface area contributed by atoms with Gasteiger partial charge in [0.15, 0.2) is 6.29 Å². The third-order valence-corrected chi connectivity index (χ3v) is 2.15. The molecule has 0 fully saturated rings. The van der Waals surface area contributed by atoms with E-state index in [-0.39, 0.29) is 0 Å². The van der Waals surface area contributed by atoms with Crippen LogP contribution >= 0.6 is 11.6 Å². The predicted molar refractivity (Wildman–Crippen MR) is 62.3 cm³/mol. The summed E-state index contributed by atoms with van der Waals surface area (Å²) in [6.07, 6.45) is 3.91. The molecule has 1 aromatic rings. The van der Waals surface area contributed by atoms with Gasteiger partial charge in [-0.1, -0.05) is 24.3 Å². The Morgan fingerprint density at radius 2 is 2.27 bits per heavy atom. The van der Waals surface area contributed by atoms with Crippen LogP contribution in [0.2, 0.25) is 5.02 Å². The largest absolute Gasteiger partial charge is 0.331 e. The summed E-state index contributed by atoms with van der Waals surface area (Å²) in [5.41, 5.74) is 4.35. The van der Waals surface area contributed by atoms with Gasteiger partial charge in [0.25, 0.3) is 0 Å². The van der Waals surface area contributed by atoms with E-state index < -0.39 is 0 Å². The number of carbonyl (C=O) groups excluding carboxylic acids is 1. The molecule has 0 aliphatic heterocycles. The van der Waals surface area contributed by atoms with Gasteiger partial charge in [0.1, 0.15) is 0 Å². The second-order valence-electron chi connectivity index (χ2n) is 2.82. The minimum absolute atomic E-state index is 0.542. The molecule has 0 unspecified atom stereocenters. The number of nitrogens with one attached hydrogen (secondary N) is 1. The molecule has 4 heteroatoms. The lowest BCUT2D eigenvalue weighted by atomic mass is 10.0. The van der Waals surface area contributed by atoms with Gasteiger partial charge < -0.3 is 5.43 Å². The van der Waals surface area contributed by atoms with E-state index in [1.165, 1.54) is 0 Å². The van der Waals surface area contributed by atoms with Crippen LogP contribution in [0.5, 0.6) is 0 Å².